The lowest BCUT2D eigenvalue weighted by Gasteiger charge is -2.09. The first-order valence-corrected chi connectivity index (χ1v) is 9.26. The molecule has 0 bridgehead atoms. The fraction of sp³-hybridized carbons (Fsp3) is 0.474. The Hall–Kier alpha value is -2.70. The van der Waals surface area contributed by atoms with E-state index in [-0.39, 0.29) is 11.5 Å². The maximum Gasteiger partial charge on any atom is 0.271 e. The SMILES string of the molecule is C1CCCCC1.CCCc1cccc(Nc2cc(N)nnc2C(N)=O)n1. The maximum absolute atomic E-state index is 11.3. The number of nitrogens with one attached hydrogen (secondary N) is 1. The van der Waals surface area contributed by atoms with Gasteiger partial charge in [-0.15, -0.1) is 10.2 Å². The molecule has 2 aromatic rings. The van der Waals surface area contributed by atoms with Crippen LogP contribution in [0.25, 0.3) is 0 Å². The van der Waals surface area contributed by atoms with Crippen molar-refractivity contribution in [3.8, 4) is 0 Å². The van der Waals surface area contributed by atoms with Crippen molar-refractivity contribution in [1.29, 1.82) is 0 Å². The van der Waals surface area contributed by atoms with E-state index in [2.05, 4.69) is 27.4 Å². The van der Waals surface area contributed by atoms with Gasteiger partial charge in [-0.1, -0.05) is 57.9 Å². The first-order valence-electron chi connectivity index (χ1n) is 9.26. The summed E-state index contributed by atoms with van der Waals surface area (Å²) >= 11 is 0. The van der Waals surface area contributed by atoms with Crippen LogP contribution in [-0.2, 0) is 6.42 Å². The van der Waals surface area contributed by atoms with Crippen molar-refractivity contribution in [1.82, 2.24) is 15.2 Å². The third-order valence-electron chi connectivity index (χ3n) is 4.12. The molecule has 3 rings (SSSR count). The van der Waals surface area contributed by atoms with Crippen LogP contribution in [0, 0.1) is 0 Å². The molecular weight excluding hydrogens is 328 g/mol. The third kappa shape index (κ3) is 6.31. The highest BCUT2D eigenvalue weighted by Crippen LogP contribution is 2.19. The number of pyridine rings is 1. The average molecular weight is 356 g/mol. The minimum Gasteiger partial charge on any atom is -0.382 e. The highest BCUT2D eigenvalue weighted by atomic mass is 16.1. The first kappa shape index (κ1) is 19.6. The van der Waals surface area contributed by atoms with E-state index in [0.717, 1.165) is 18.5 Å². The molecule has 2 aromatic heterocycles. The molecule has 0 unspecified atom stereocenters. The molecule has 5 N–H and O–H groups in total. The van der Waals surface area contributed by atoms with Crippen molar-refractivity contribution in [3.05, 3.63) is 35.7 Å². The summed E-state index contributed by atoms with van der Waals surface area (Å²) in [4.78, 5) is 15.7. The van der Waals surface area contributed by atoms with Gasteiger partial charge >= 0.3 is 0 Å². The number of carbonyl (C=O) groups excluding carboxylic acids is 1. The summed E-state index contributed by atoms with van der Waals surface area (Å²) in [6.45, 7) is 2.08. The summed E-state index contributed by atoms with van der Waals surface area (Å²) in [5, 5.41) is 10.3. The second-order valence-corrected chi connectivity index (χ2v) is 6.41. The van der Waals surface area contributed by atoms with E-state index in [1.165, 1.54) is 44.6 Å². The van der Waals surface area contributed by atoms with E-state index in [1.54, 1.807) is 6.07 Å². The Balaban J connectivity index is 0.000000342. The largest absolute Gasteiger partial charge is 0.382 e. The number of amides is 1. The van der Waals surface area contributed by atoms with E-state index < -0.39 is 5.91 Å². The number of hydrogen-bond donors (Lipinski definition) is 3. The zero-order valence-electron chi connectivity index (χ0n) is 15.4. The highest BCUT2D eigenvalue weighted by Gasteiger charge is 2.12. The Labute approximate surface area is 154 Å². The monoisotopic (exact) mass is 356 g/mol. The molecule has 1 aliphatic rings. The molecule has 0 radical (unpaired) electrons. The summed E-state index contributed by atoms with van der Waals surface area (Å²) in [7, 11) is 0. The average Bonchev–Trinajstić information content (AvgIpc) is 2.64. The van der Waals surface area contributed by atoms with Gasteiger partial charge in [0.1, 0.15) is 11.6 Å². The molecule has 2 heterocycles. The molecule has 26 heavy (non-hydrogen) atoms. The van der Waals surface area contributed by atoms with Crippen molar-refractivity contribution in [2.75, 3.05) is 11.1 Å². The van der Waals surface area contributed by atoms with Crippen LogP contribution in [0.4, 0.5) is 17.3 Å². The molecule has 1 fully saturated rings. The van der Waals surface area contributed by atoms with E-state index in [4.69, 9.17) is 11.5 Å². The van der Waals surface area contributed by atoms with E-state index in [1.807, 2.05) is 12.1 Å². The Kier molecular flexibility index (Phi) is 7.79. The number of nitrogen functional groups attached to an aromatic ring is 1. The van der Waals surface area contributed by atoms with Crippen molar-refractivity contribution in [2.45, 2.75) is 58.3 Å². The Bertz CT molecular complexity index is 703. The Morgan fingerprint density at radius 1 is 1.12 bits per heavy atom. The minimum atomic E-state index is -0.676. The fourth-order valence-corrected chi connectivity index (χ4v) is 2.83. The number of hydrogen-bond acceptors (Lipinski definition) is 6. The van der Waals surface area contributed by atoms with Crippen LogP contribution in [0.15, 0.2) is 24.3 Å². The zero-order valence-corrected chi connectivity index (χ0v) is 15.4. The van der Waals surface area contributed by atoms with Gasteiger partial charge in [0.05, 0.1) is 5.69 Å². The molecule has 0 spiro atoms. The van der Waals surface area contributed by atoms with Gasteiger partial charge in [0, 0.05) is 11.8 Å². The quantitative estimate of drug-likeness (QED) is 0.753. The predicted octanol–water partition coefficient (Wildman–Crippen LogP) is 3.59. The lowest BCUT2D eigenvalue weighted by molar-refractivity contribution is 0.0995. The van der Waals surface area contributed by atoms with Crippen molar-refractivity contribution < 1.29 is 4.79 Å². The number of nitrogens with zero attached hydrogens (tertiary/aromatic N) is 3. The van der Waals surface area contributed by atoms with Crippen molar-refractivity contribution in [2.24, 2.45) is 5.73 Å². The van der Waals surface area contributed by atoms with Gasteiger partial charge in [0.15, 0.2) is 5.69 Å². The van der Waals surface area contributed by atoms with Crippen LogP contribution in [-0.4, -0.2) is 21.1 Å². The van der Waals surface area contributed by atoms with Crippen LogP contribution in [0.2, 0.25) is 0 Å². The van der Waals surface area contributed by atoms with Crippen LogP contribution >= 0.6 is 0 Å². The van der Waals surface area contributed by atoms with Gasteiger partial charge in [-0.2, -0.15) is 0 Å². The zero-order chi connectivity index (χ0) is 18.8. The number of aryl methyl sites for hydroxylation is 1. The fourth-order valence-electron chi connectivity index (χ4n) is 2.83. The number of aromatic nitrogens is 3. The topological polar surface area (TPSA) is 120 Å². The highest BCUT2D eigenvalue weighted by molar-refractivity contribution is 5.97. The van der Waals surface area contributed by atoms with Gasteiger partial charge < -0.3 is 16.8 Å². The van der Waals surface area contributed by atoms with Crippen LogP contribution in [0.5, 0.6) is 0 Å². The predicted molar refractivity (Wildman–Crippen MR) is 104 cm³/mol. The van der Waals surface area contributed by atoms with Crippen molar-refractivity contribution >= 4 is 23.2 Å². The number of anilines is 3. The van der Waals surface area contributed by atoms with Gasteiger partial charge in [-0.3, -0.25) is 4.79 Å². The number of rotatable bonds is 5. The van der Waals surface area contributed by atoms with Gasteiger partial charge in [0.2, 0.25) is 0 Å². The van der Waals surface area contributed by atoms with Crippen LogP contribution in [0.3, 0.4) is 0 Å². The maximum atomic E-state index is 11.3. The molecule has 7 heteroatoms. The number of nitrogens with two attached hydrogens (primary N) is 2. The molecule has 0 aromatic carbocycles. The third-order valence-corrected chi connectivity index (χ3v) is 4.12. The normalized spacial score (nSPS) is 13.4. The Morgan fingerprint density at radius 3 is 2.35 bits per heavy atom. The van der Waals surface area contributed by atoms with E-state index in [9.17, 15) is 4.79 Å². The summed E-state index contributed by atoms with van der Waals surface area (Å²) in [5.74, 6) is 0.123. The van der Waals surface area contributed by atoms with Gasteiger partial charge in [-0.05, 0) is 18.6 Å². The number of primary amides is 1. The molecule has 1 amide bonds. The lowest BCUT2D eigenvalue weighted by Crippen LogP contribution is -2.17. The smallest absolute Gasteiger partial charge is 0.271 e. The molecule has 1 aliphatic carbocycles. The molecule has 7 nitrogen and oxygen atoms in total. The first-order chi connectivity index (χ1) is 12.6. The molecule has 140 valence electrons. The number of carbonyl (C=O) groups is 1. The standard InChI is InChI=1S/C13H16N6O.C6H12/c1-2-4-8-5-3-6-11(16-8)17-9-7-10(14)18-19-12(9)13(15)20;1-2-4-6-5-3-1/h3,5-7H,2,4H2,1H3,(H2,15,20)(H3,14,16,17,18);1-6H2. The van der Waals surface area contributed by atoms with Crippen LogP contribution < -0.4 is 16.8 Å². The Morgan fingerprint density at radius 2 is 1.77 bits per heavy atom. The molecule has 0 atom stereocenters. The van der Waals surface area contributed by atoms with E-state index in [0.29, 0.717) is 11.5 Å². The lowest BCUT2D eigenvalue weighted by atomic mass is 10.0. The summed E-state index contributed by atoms with van der Waals surface area (Å²) in [6.07, 6.45) is 10.9. The van der Waals surface area contributed by atoms with Crippen molar-refractivity contribution in [3.63, 3.8) is 0 Å². The molecular formula is C19H28N6O. The van der Waals surface area contributed by atoms with Crippen LogP contribution in [0.1, 0.15) is 68.1 Å². The second-order valence-electron chi connectivity index (χ2n) is 6.41. The molecule has 0 saturated heterocycles. The van der Waals surface area contributed by atoms with E-state index >= 15 is 0 Å². The summed E-state index contributed by atoms with van der Waals surface area (Å²) < 4.78 is 0. The molecule has 0 aliphatic heterocycles. The van der Waals surface area contributed by atoms with Gasteiger partial charge in [0.25, 0.3) is 5.91 Å². The van der Waals surface area contributed by atoms with Gasteiger partial charge in [-0.25, -0.2) is 4.98 Å². The molecule has 1 saturated carbocycles. The summed E-state index contributed by atoms with van der Waals surface area (Å²) in [5.41, 5.74) is 12.2. The minimum absolute atomic E-state index is 0.0295. The summed E-state index contributed by atoms with van der Waals surface area (Å²) in [6, 6.07) is 7.13. The second kappa shape index (κ2) is 10.3.